The summed E-state index contributed by atoms with van der Waals surface area (Å²) in [5, 5.41) is 0. The van der Waals surface area contributed by atoms with Gasteiger partial charge < -0.3 is 15.4 Å². The predicted molar refractivity (Wildman–Crippen MR) is 63.2 cm³/mol. The van der Waals surface area contributed by atoms with Crippen molar-refractivity contribution in [3.63, 3.8) is 0 Å². The molecule has 0 bridgehead atoms. The summed E-state index contributed by atoms with van der Waals surface area (Å²) in [5.41, 5.74) is 5.35. The van der Waals surface area contributed by atoms with Gasteiger partial charge in [-0.2, -0.15) is 0 Å². The molecule has 0 saturated heterocycles. The number of likely N-dealkylation sites (N-methyl/N-ethyl adjacent to an activating group) is 1. The molecule has 100 valence electrons. The number of carbonyl (C=O) groups excluding carboxylic acids is 1. The summed E-state index contributed by atoms with van der Waals surface area (Å²) in [7, 11) is 1.56. The van der Waals surface area contributed by atoms with Crippen LogP contribution in [0.25, 0.3) is 0 Å². The average Bonchev–Trinajstić information content (AvgIpc) is 2.37. The standard InChI is InChI=1S/C12H16F2N2O2/c1-16(5-7-18-6-4-15)12(17)9-2-3-10(13)11(14)8-9/h2-3,8H,4-7,15H2,1H3. The van der Waals surface area contributed by atoms with E-state index in [1.807, 2.05) is 0 Å². The quantitative estimate of drug-likeness (QED) is 0.775. The van der Waals surface area contributed by atoms with E-state index < -0.39 is 11.6 Å². The Kier molecular flexibility index (Phi) is 5.67. The zero-order valence-electron chi connectivity index (χ0n) is 10.2. The second-order valence-electron chi connectivity index (χ2n) is 3.76. The molecular formula is C12H16F2N2O2. The summed E-state index contributed by atoms with van der Waals surface area (Å²) < 4.78 is 30.8. The second-order valence-corrected chi connectivity index (χ2v) is 3.76. The number of hydrogen-bond acceptors (Lipinski definition) is 3. The van der Waals surface area contributed by atoms with Gasteiger partial charge in [-0.15, -0.1) is 0 Å². The highest BCUT2D eigenvalue weighted by atomic mass is 19.2. The monoisotopic (exact) mass is 258 g/mol. The highest BCUT2D eigenvalue weighted by molar-refractivity contribution is 5.94. The van der Waals surface area contributed by atoms with Gasteiger partial charge in [0.25, 0.3) is 5.91 Å². The Morgan fingerprint density at radius 3 is 2.67 bits per heavy atom. The van der Waals surface area contributed by atoms with Crippen molar-refractivity contribution in [3.8, 4) is 0 Å². The first kappa shape index (κ1) is 14.5. The molecule has 0 unspecified atom stereocenters. The maximum atomic E-state index is 13.0. The lowest BCUT2D eigenvalue weighted by Gasteiger charge is -2.17. The summed E-state index contributed by atoms with van der Waals surface area (Å²) in [6, 6.07) is 3.06. The summed E-state index contributed by atoms with van der Waals surface area (Å²) in [4.78, 5) is 13.2. The van der Waals surface area contributed by atoms with Gasteiger partial charge in [0.15, 0.2) is 11.6 Å². The third-order valence-corrected chi connectivity index (χ3v) is 2.35. The van der Waals surface area contributed by atoms with E-state index in [4.69, 9.17) is 10.5 Å². The Labute approximate surface area is 104 Å². The molecular weight excluding hydrogens is 242 g/mol. The largest absolute Gasteiger partial charge is 0.378 e. The van der Waals surface area contributed by atoms with Crippen LogP contribution in [0.1, 0.15) is 10.4 Å². The van der Waals surface area contributed by atoms with Crippen molar-refractivity contribution in [1.82, 2.24) is 4.90 Å². The average molecular weight is 258 g/mol. The molecule has 1 amide bonds. The van der Waals surface area contributed by atoms with Gasteiger partial charge in [0, 0.05) is 25.7 Å². The Hall–Kier alpha value is -1.53. The van der Waals surface area contributed by atoms with Crippen molar-refractivity contribution in [3.05, 3.63) is 35.4 Å². The van der Waals surface area contributed by atoms with Gasteiger partial charge >= 0.3 is 0 Å². The van der Waals surface area contributed by atoms with Crippen LogP contribution < -0.4 is 5.73 Å². The van der Waals surface area contributed by atoms with Gasteiger partial charge in [0.2, 0.25) is 0 Å². The first-order valence-electron chi connectivity index (χ1n) is 5.54. The van der Waals surface area contributed by atoms with Gasteiger partial charge in [-0.1, -0.05) is 0 Å². The minimum Gasteiger partial charge on any atom is -0.378 e. The molecule has 18 heavy (non-hydrogen) atoms. The van der Waals surface area contributed by atoms with E-state index in [9.17, 15) is 13.6 Å². The molecule has 0 radical (unpaired) electrons. The van der Waals surface area contributed by atoms with Gasteiger partial charge in [-0.05, 0) is 18.2 Å². The van der Waals surface area contributed by atoms with Crippen LogP contribution in [-0.2, 0) is 4.74 Å². The number of ether oxygens (including phenoxy) is 1. The normalized spacial score (nSPS) is 10.4. The fourth-order valence-electron chi connectivity index (χ4n) is 1.34. The van der Waals surface area contributed by atoms with Crippen LogP contribution in [0.5, 0.6) is 0 Å². The molecule has 4 nitrogen and oxygen atoms in total. The Bertz CT molecular complexity index is 413. The van der Waals surface area contributed by atoms with Crippen LogP contribution in [0.2, 0.25) is 0 Å². The number of amides is 1. The maximum absolute atomic E-state index is 13.0. The first-order valence-corrected chi connectivity index (χ1v) is 5.54. The molecule has 1 rings (SSSR count). The Balaban J connectivity index is 2.54. The van der Waals surface area contributed by atoms with E-state index in [0.29, 0.717) is 26.3 Å². The molecule has 1 aromatic carbocycles. The highest BCUT2D eigenvalue weighted by Crippen LogP contribution is 2.10. The third-order valence-electron chi connectivity index (χ3n) is 2.35. The molecule has 0 saturated carbocycles. The number of carbonyl (C=O) groups is 1. The molecule has 0 aliphatic rings. The minimum atomic E-state index is -1.03. The van der Waals surface area contributed by atoms with Gasteiger partial charge in [-0.3, -0.25) is 4.79 Å². The fourth-order valence-corrected chi connectivity index (χ4v) is 1.34. The van der Waals surface area contributed by atoms with Crippen LogP contribution in [0, 0.1) is 11.6 Å². The lowest BCUT2D eigenvalue weighted by atomic mass is 10.2. The van der Waals surface area contributed by atoms with Crippen molar-refractivity contribution >= 4 is 5.91 Å². The molecule has 0 heterocycles. The van der Waals surface area contributed by atoms with E-state index in [-0.39, 0.29) is 11.5 Å². The third kappa shape index (κ3) is 4.05. The van der Waals surface area contributed by atoms with E-state index in [0.717, 1.165) is 12.1 Å². The minimum absolute atomic E-state index is 0.107. The molecule has 0 aliphatic heterocycles. The topological polar surface area (TPSA) is 55.6 Å². The predicted octanol–water partition coefficient (Wildman–Crippen LogP) is 1.01. The van der Waals surface area contributed by atoms with Gasteiger partial charge in [0.05, 0.1) is 13.2 Å². The van der Waals surface area contributed by atoms with Crippen molar-refractivity contribution in [2.45, 2.75) is 0 Å². The van der Waals surface area contributed by atoms with Crippen molar-refractivity contribution in [2.75, 3.05) is 33.4 Å². The lowest BCUT2D eigenvalue weighted by molar-refractivity contribution is 0.0704. The first-order chi connectivity index (χ1) is 8.56. The van der Waals surface area contributed by atoms with E-state index in [1.54, 1.807) is 7.05 Å². The summed E-state index contributed by atoms with van der Waals surface area (Å²) in [5.74, 6) is -2.39. The zero-order valence-corrected chi connectivity index (χ0v) is 10.2. The van der Waals surface area contributed by atoms with E-state index in [2.05, 4.69) is 0 Å². The van der Waals surface area contributed by atoms with Gasteiger partial charge in [0.1, 0.15) is 0 Å². The SMILES string of the molecule is CN(CCOCCN)C(=O)c1ccc(F)c(F)c1. The number of nitrogens with zero attached hydrogens (tertiary/aromatic N) is 1. The van der Waals surface area contributed by atoms with Crippen LogP contribution in [0.4, 0.5) is 8.78 Å². The van der Waals surface area contributed by atoms with Crippen LogP contribution in [0.15, 0.2) is 18.2 Å². The number of benzene rings is 1. The zero-order chi connectivity index (χ0) is 13.5. The summed E-state index contributed by atoms with van der Waals surface area (Å²) >= 11 is 0. The number of halogens is 2. The van der Waals surface area contributed by atoms with Crippen LogP contribution in [0.3, 0.4) is 0 Å². The van der Waals surface area contributed by atoms with Crippen molar-refractivity contribution in [1.29, 1.82) is 0 Å². The molecule has 0 fully saturated rings. The Morgan fingerprint density at radius 1 is 1.33 bits per heavy atom. The molecule has 0 spiro atoms. The second kappa shape index (κ2) is 7.03. The lowest BCUT2D eigenvalue weighted by Crippen LogP contribution is -2.30. The van der Waals surface area contributed by atoms with Crippen molar-refractivity contribution in [2.24, 2.45) is 5.73 Å². The highest BCUT2D eigenvalue weighted by Gasteiger charge is 2.13. The van der Waals surface area contributed by atoms with Gasteiger partial charge in [-0.25, -0.2) is 8.78 Å². The maximum Gasteiger partial charge on any atom is 0.253 e. The molecule has 0 aromatic heterocycles. The van der Waals surface area contributed by atoms with E-state index in [1.165, 1.54) is 11.0 Å². The molecule has 0 atom stereocenters. The Morgan fingerprint density at radius 2 is 2.06 bits per heavy atom. The molecule has 6 heteroatoms. The number of rotatable bonds is 6. The molecule has 2 N–H and O–H groups in total. The smallest absolute Gasteiger partial charge is 0.253 e. The fraction of sp³-hybridized carbons (Fsp3) is 0.417. The molecule has 0 aliphatic carbocycles. The molecule has 1 aromatic rings. The van der Waals surface area contributed by atoms with Crippen LogP contribution >= 0.6 is 0 Å². The van der Waals surface area contributed by atoms with E-state index >= 15 is 0 Å². The van der Waals surface area contributed by atoms with Crippen LogP contribution in [-0.4, -0.2) is 44.2 Å². The number of hydrogen-bond donors (Lipinski definition) is 1. The summed E-state index contributed by atoms with van der Waals surface area (Å²) in [6.07, 6.45) is 0. The summed E-state index contributed by atoms with van der Waals surface area (Å²) in [6.45, 7) is 1.55. The number of nitrogens with two attached hydrogens (primary N) is 1. The van der Waals surface area contributed by atoms with Crippen molar-refractivity contribution < 1.29 is 18.3 Å².